The molecular formula is C10H16. The molecule has 0 aromatic heterocycles. The first-order chi connectivity index (χ1) is 4.61. The van der Waals surface area contributed by atoms with Crippen molar-refractivity contribution in [3.05, 3.63) is 24.3 Å². The molecule has 0 heterocycles. The summed E-state index contributed by atoms with van der Waals surface area (Å²) in [4.78, 5) is 0. The molecule has 0 bridgehead atoms. The molecular weight excluding hydrogens is 120 g/mol. The highest BCUT2D eigenvalue weighted by Crippen LogP contribution is 2.34. The van der Waals surface area contributed by atoms with E-state index in [9.17, 15) is 0 Å². The Kier molecular flexibility index (Phi) is 1.98. The topological polar surface area (TPSA) is 0 Å². The molecule has 1 fully saturated rings. The molecule has 1 aliphatic rings. The van der Waals surface area contributed by atoms with Gasteiger partial charge in [0.2, 0.25) is 0 Å². The Balaban J connectivity index is 2.63. The van der Waals surface area contributed by atoms with Gasteiger partial charge in [-0.25, -0.2) is 0 Å². The molecule has 0 radical (unpaired) electrons. The second kappa shape index (κ2) is 2.61. The largest absolute Gasteiger partial charge is 0.0996 e. The van der Waals surface area contributed by atoms with Crippen molar-refractivity contribution in [2.24, 2.45) is 11.8 Å². The molecule has 1 saturated carbocycles. The van der Waals surface area contributed by atoms with Gasteiger partial charge in [0.1, 0.15) is 0 Å². The minimum atomic E-state index is 0.670. The molecule has 0 aliphatic heterocycles. The first kappa shape index (κ1) is 7.59. The summed E-state index contributed by atoms with van der Waals surface area (Å²) in [7, 11) is 0. The van der Waals surface area contributed by atoms with E-state index in [0.717, 1.165) is 12.8 Å². The van der Waals surface area contributed by atoms with Crippen LogP contribution in [0, 0.1) is 11.8 Å². The van der Waals surface area contributed by atoms with Crippen LogP contribution in [0.5, 0.6) is 0 Å². The van der Waals surface area contributed by atoms with E-state index in [1.807, 2.05) is 0 Å². The van der Waals surface area contributed by atoms with Gasteiger partial charge in [0.15, 0.2) is 0 Å². The van der Waals surface area contributed by atoms with E-state index < -0.39 is 0 Å². The van der Waals surface area contributed by atoms with Crippen LogP contribution in [0.25, 0.3) is 0 Å². The lowest BCUT2D eigenvalue weighted by atomic mass is 9.78. The van der Waals surface area contributed by atoms with Gasteiger partial charge in [-0.1, -0.05) is 38.2 Å². The fourth-order valence-electron chi connectivity index (χ4n) is 1.48. The normalized spacial score (nSPS) is 34.6. The molecule has 2 unspecified atom stereocenters. The van der Waals surface area contributed by atoms with Crippen LogP contribution >= 0.6 is 0 Å². The molecule has 2 atom stereocenters. The molecule has 0 N–H and O–H groups in total. The standard InChI is InChI=1S/C10H16/c1-7-5-9(3)10(4)6-8(7)2/h8-9H,1,4-6H2,2-3H3. The van der Waals surface area contributed by atoms with Crippen LogP contribution in [0.1, 0.15) is 26.7 Å². The van der Waals surface area contributed by atoms with E-state index in [1.54, 1.807) is 0 Å². The quantitative estimate of drug-likeness (QED) is 0.449. The Hall–Kier alpha value is -0.520. The van der Waals surface area contributed by atoms with Crippen molar-refractivity contribution >= 4 is 0 Å². The molecule has 0 nitrogen and oxygen atoms in total. The maximum atomic E-state index is 4.04. The molecule has 0 aromatic carbocycles. The number of hydrogen-bond donors (Lipinski definition) is 0. The molecule has 1 aliphatic carbocycles. The molecule has 1 rings (SSSR count). The molecule has 56 valence electrons. The SMILES string of the molecule is C=C1CC(C)C(=C)CC1C. The van der Waals surface area contributed by atoms with E-state index in [4.69, 9.17) is 0 Å². The number of allylic oxidation sites excluding steroid dienone is 2. The Bertz CT molecular complexity index is 145. The van der Waals surface area contributed by atoms with E-state index in [1.165, 1.54) is 11.1 Å². The third kappa shape index (κ3) is 1.31. The van der Waals surface area contributed by atoms with Crippen LogP contribution in [-0.4, -0.2) is 0 Å². The lowest BCUT2D eigenvalue weighted by Crippen LogP contribution is -2.14. The van der Waals surface area contributed by atoms with Gasteiger partial charge in [-0.05, 0) is 24.7 Å². The Morgan fingerprint density at radius 1 is 1.00 bits per heavy atom. The van der Waals surface area contributed by atoms with Crippen LogP contribution in [-0.2, 0) is 0 Å². The van der Waals surface area contributed by atoms with E-state index in [0.29, 0.717) is 11.8 Å². The average Bonchev–Trinajstić information content (AvgIpc) is 1.84. The third-order valence-corrected chi connectivity index (χ3v) is 2.53. The van der Waals surface area contributed by atoms with E-state index >= 15 is 0 Å². The third-order valence-electron chi connectivity index (χ3n) is 2.53. The number of rotatable bonds is 0. The van der Waals surface area contributed by atoms with Crippen molar-refractivity contribution in [3.8, 4) is 0 Å². The predicted octanol–water partition coefficient (Wildman–Crippen LogP) is 3.16. The summed E-state index contributed by atoms with van der Waals surface area (Å²) in [5.74, 6) is 1.34. The van der Waals surface area contributed by atoms with Gasteiger partial charge < -0.3 is 0 Å². The van der Waals surface area contributed by atoms with Gasteiger partial charge in [-0.2, -0.15) is 0 Å². The lowest BCUT2D eigenvalue weighted by Gasteiger charge is -2.28. The van der Waals surface area contributed by atoms with Crippen molar-refractivity contribution < 1.29 is 0 Å². The monoisotopic (exact) mass is 136 g/mol. The van der Waals surface area contributed by atoms with Gasteiger partial charge >= 0.3 is 0 Å². The summed E-state index contributed by atoms with van der Waals surface area (Å²) in [5, 5.41) is 0. The van der Waals surface area contributed by atoms with Gasteiger partial charge in [-0.3, -0.25) is 0 Å². The van der Waals surface area contributed by atoms with Crippen molar-refractivity contribution in [1.29, 1.82) is 0 Å². The molecule has 0 aromatic rings. The van der Waals surface area contributed by atoms with Crippen LogP contribution in [0.15, 0.2) is 24.3 Å². The molecule has 0 heteroatoms. The summed E-state index contributed by atoms with van der Waals surface area (Å²) in [6.45, 7) is 12.5. The second-order valence-electron chi connectivity index (χ2n) is 3.53. The average molecular weight is 136 g/mol. The summed E-state index contributed by atoms with van der Waals surface area (Å²) in [5.41, 5.74) is 2.81. The Morgan fingerprint density at radius 3 is 1.60 bits per heavy atom. The minimum absolute atomic E-state index is 0.670. The zero-order chi connectivity index (χ0) is 7.72. The van der Waals surface area contributed by atoms with Crippen molar-refractivity contribution in [1.82, 2.24) is 0 Å². The minimum Gasteiger partial charge on any atom is -0.0996 e. The summed E-state index contributed by atoms with van der Waals surface area (Å²) >= 11 is 0. The van der Waals surface area contributed by atoms with E-state index in [-0.39, 0.29) is 0 Å². The number of hydrogen-bond acceptors (Lipinski definition) is 0. The zero-order valence-corrected chi connectivity index (χ0v) is 6.98. The first-order valence-corrected chi connectivity index (χ1v) is 3.96. The Labute approximate surface area is 63.6 Å². The van der Waals surface area contributed by atoms with Crippen LogP contribution in [0.4, 0.5) is 0 Å². The summed E-state index contributed by atoms with van der Waals surface area (Å²) in [6, 6.07) is 0. The fraction of sp³-hybridized carbons (Fsp3) is 0.600. The van der Waals surface area contributed by atoms with Gasteiger partial charge in [0.05, 0.1) is 0 Å². The van der Waals surface area contributed by atoms with Crippen LogP contribution in [0.2, 0.25) is 0 Å². The maximum Gasteiger partial charge on any atom is -0.0197 e. The zero-order valence-electron chi connectivity index (χ0n) is 6.98. The van der Waals surface area contributed by atoms with Crippen molar-refractivity contribution in [2.75, 3.05) is 0 Å². The molecule has 0 spiro atoms. The van der Waals surface area contributed by atoms with Crippen molar-refractivity contribution in [2.45, 2.75) is 26.7 Å². The summed E-state index contributed by atoms with van der Waals surface area (Å²) < 4.78 is 0. The second-order valence-corrected chi connectivity index (χ2v) is 3.53. The molecule has 0 saturated heterocycles. The summed E-state index contributed by atoms with van der Waals surface area (Å²) in [6.07, 6.45) is 2.31. The lowest BCUT2D eigenvalue weighted by molar-refractivity contribution is 0.491. The fourth-order valence-corrected chi connectivity index (χ4v) is 1.48. The smallest absolute Gasteiger partial charge is 0.0197 e. The van der Waals surface area contributed by atoms with Gasteiger partial charge in [0.25, 0.3) is 0 Å². The first-order valence-electron chi connectivity index (χ1n) is 3.96. The maximum absolute atomic E-state index is 4.04. The molecule has 0 amide bonds. The van der Waals surface area contributed by atoms with Gasteiger partial charge in [-0.15, -0.1) is 0 Å². The van der Waals surface area contributed by atoms with Crippen molar-refractivity contribution in [3.63, 3.8) is 0 Å². The highest BCUT2D eigenvalue weighted by Gasteiger charge is 2.20. The highest BCUT2D eigenvalue weighted by atomic mass is 14.3. The molecule has 10 heavy (non-hydrogen) atoms. The van der Waals surface area contributed by atoms with Crippen LogP contribution < -0.4 is 0 Å². The predicted molar refractivity (Wildman–Crippen MR) is 45.8 cm³/mol. The highest BCUT2D eigenvalue weighted by molar-refractivity contribution is 5.16. The Morgan fingerprint density at radius 2 is 1.30 bits per heavy atom. The van der Waals surface area contributed by atoms with Gasteiger partial charge in [0, 0.05) is 0 Å². The van der Waals surface area contributed by atoms with Crippen LogP contribution in [0.3, 0.4) is 0 Å². The van der Waals surface area contributed by atoms with E-state index in [2.05, 4.69) is 27.0 Å².